The Morgan fingerprint density at radius 3 is 1.40 bits per heavy atom. The van der Waals surface area contributed by atoms with Gasteiger partial charge in [-0.3, -0.25) is 33.6 Å². The van der Waals surface area contributed by atoms with Gasteiger partial charge in [0.05, 0.1) is 25.6 Å². The van der Waals surface area contributed by atoms with E-state index in [1.54, 1.807) is 91.0 Å². The van der Waals surface area contributed by atoms with Crippen LogP contribution in [0.2, 0.25) is 0 Å². The van der Waals surface area contributed by atoms with Crippen LogP contribution in [0.25, 0.3) is 0 Å². The molecule has 0 heterocycles. The summed E-state index contributed by atoms with van der Waals surface area (Å²) in [4.78, 5) is 89.3. The third kappa shape index (κ3) is 14.2. The number of hydrogen-bond donors (Lipinski definition) is 9. The molecule has 0 spiro atoms. The molecule has 0 aliphatic rings. The molecule has 0 aromatic heterocycles. The number of carboxylic acid groups (broad SMARTS) is 1. The van der Waals surface area contributed by atoms with Crippen molar-refractivity contribution in [1.29, 1.82) is 0 Å². The van der Waals surface area contributed by atoms with E-state index >= 15 is 0 Å². The summed E-state index contributed by atoms with van der Waals surface area (Å²) in [5.74, 6) is -6.05. The topological polar surface area (TPSA) is 258 Å². The van der Waals surface area contributed by atoms with Crippen LogP contribution in [0.1, 0.15) is 23.1 Å². The monoisotopic (exact) mass is 731 g/mol. The molecule has 5 atom stereocenters. The first-order valence-corrected chi connectivity index (χ1v) is 16.8. The number of benzene rings is 3. The minimum Gasteiger partial charge on any atom is -0.481 e. The molecule has 0 radical (unpaired) electrons. The summed E-state index contributed by atoms with van der Waals surface area (Å²) in [6.07, 6.45) is -0.477. The van der Waals surface area contributed by atoms with E-state index in [4.69, 9.17) is 10.8 Å². The van der Waals surface area contributed by atoms with Gasteiger partial charge in [-0.1, -0.05) is 91.0 Å². The summed E-state index contributed by atoms with van der Waals surface area (Å²) < 4.78 is 0. The second kappa shape index (κ2) is 21.3. The van der Waals surface area contributed by atoms with Gasteiger partial charge in [-0.05, 0) is 23.7 Å². The molecular weight excluding hydrogens is 686 g/mol. The third-order valence-corrected chi connectivity index (χ3v) is 8.08. The fraction of sp³-hybridized carbons (Fsp3) is 0.324. The molecule has 0 aliphatic heterocycles. The molecule has 0 saturated carbocycles. The number of aliphatic hydroxyl groups is 1. The Hall–Kier alpha value is -6.13. The number of nitrogens with one attached hydrogen (secondary N) is 6. The lowest BCUT2D eigenvalue weighted by Gasteiger charge is -2.24. The molecule has 3 aromatic rings. The van der Waals surface area contributed by atoms with Crippen LogP contribution >= 0.6 is 0 Å². The number of likely N-dealkylation sites (N-methyl/N-ethyl adjacent to an activating group) is 1. The lowest BCUT2D eigenvalue weighted by Crippen LogP contribution is -2.59. The molecule has 6 amide bonds. The Bertz CT molecular complexity index is 1690. The number of rotatable bonds is 21. The fourth-order valence-electron chi connectivity index (χ4n) is 5.24. The molecule has 282 valence electrons. The molecule has 3 rings (SSSR count). The summed E-state index contributed by atoms with van der Waals surface area (Å²) in [7, 11) is 1.41. The molecule has 0 saturated heterocycles. The lowest BCUT2D eigenvalue weighted by molar-refractivity contribution is -0.140. The predicted molar refractivity (Wildman–Crippen MR) is 193 cm³/mol. The first-order valence-electron chi connectivity index (χ1n) is 16.8. The number of amides is 6. The van der Waals surface area contributed by atoms with Gasteiger partial charge in [-0.2, -0.15) is 0 Å². The van der Waals surface area contributed by atoms with E-state index in [2.05, 4.69) is 31.9 Å². The third-order valence-electron chi connectivity index (χ3n) is 8.08. The number of carboxylic acids is 1. The Labute approximate surface area is 306 Å². The van der Waals surface area contributed by atoms with Crippen molar-refractivity contribution in [2.45, 2.75) is 55.9 Å². The van der Waals surface area contributed by atoms with Gasteiger partial charge in [0.15, 0.2) is 0 Å². The summed E-state index contributed by atoms with van der Waals surface area (Å²) >= 11 is 0. The Balaban J connectivity index is 1.70. The van der Waals surface area contributed by atoms with E-state index in [9.17, 15) is 38.7 Å². The van der Waals surface area contributed by atoms with Crippen LogP contribution in [0.15, 0.2) is 91.0 Å². The van der Waals surface area contributed by atoms with Crippen molar-refractivity contribution in [2.24, 2.45) is 5.73 Å². The lowest BCUT2D eigenvalue weighted by atomic mass is 10.0. The van der Waals surface area contributed by atoms with Crippen LogP contribution < -0.4 is 37.6 Å². The van der Waals surface area contributed by atoms with Crippen molar-refractivity contribution in [3.05, 3.63) is 108 Å². The molecule has 16 heteroatoms. The van der Waals surface area contributed by atoms with Crippen LogP contribution in [0, 0.1) is 0 Å². The van der Waals surface area contributed by atoms with Gasteiger partial charge in [0, 0.05) is 19.3 Å². The van der Waals surface area contributed by atoms with Crippen molar-refractivity contribution in [2.75, 3.05) is 20.2 Å². The van der Waals surface area contributed by atoms with Gasteiger partial charge in [-0.15, -0.1) is 0 Å². The van der Waals surface area contributed by atoms with E-state index in [1.165, 1.54) is 7.05 Å². The maximum Gasteiger partial charge on any atom is 0.305 e. The number of carbonyl (C=O) groups excluding carboxylic acids is 6. The van der Waals surface area contributed by atoms with Gasteiger partial charge in [0.2, 0.25) is 35.4 Å². The van der Waals surface area contributed by atoms with E-state index in [-0.39, 0.29) is 19.3 Å². The molecule has 0 aliphatic carbocycles. The quantitative estimate of drug-likeness (QED) is 0.0601. The predicted octanol–water partition coefficient (Wildman–Crippen LogP) is -1.69. The highest BCUT2D eigenvalue weighted by molar-refractivity contribution is 5.96. The maximum atomic E-state index is 13.5. The van der Waals surface area contributed by atoms with Crippen molar-refractivity contribution in [1.82, 2.24) is 31.9 Å². The zero-order chi connectivity index (χ0) is 38.8. The summed E-state index contributed by atoms with van der Waals surface area (Å²) in [5, 5.41) is 34.2. The van der Waals surface area contributed by atoms with E-state index in [1.807, 2.05) is 0 Å². The maximum absolute atomic E-state index is 13.5. The minimum atomic E-state index is -1.51. The number of aliphatic hydroxyl groups excluding tert-OH is 1. The first kappa shape index (κ1) is 41.3. The van der Waals surface area contributed by atoms with Gasteiger partial charge >= 0.3 is 5.97 Å². The van der Waals surface area contributed by atoms with E-state index in [0.717, 1.165) is 0 Å². The number of aliphatic carboxylic acids is 1. The van der Waals surface area contributed by atoms with Crippen molar-refractivity contribution >= 4 is 41.4 Å². The largest absolute Gasteiger partial charge is 0.481 e. The normalized spacial score (nSPS) is 13.5. The highest BCUT2D eigenvalue weighted by Gasteiger charge is 2.30. The number of nitrogens with two attached hydrogens (primary N) is 1. The van der Waals surface area contributed by atoms with Gasteiger partial charge < -0.3 is 47.8 Å². The molecular formula is C37H45N7O9. The number of carbonyl (C=O) groups is 7. The molecule has 0 fully saturated rings. The molecule has 0 bridgehead atoms. The van der Waals surface area contributed by atoms with Crippen molar-refractivity contribution < 1.29 is 43.8 Å². The summed E-state index contributed by atoms with van der Waals surface area (Å²) in [5.41, 5.74) is 7.55. The molecule has 10 N–H and O–H groups in total. The van der Waals surface area contributed by atoms with Crippen molar-refractivity contribution in [3.8, 4) is 0 Å². The average Bonchev–Trinajstić information content (AvgIpc) is 3.15. The minimum absolute atomic E-state index is 0.0230. The van der Waals surface area contributed by atoms with Crippen molar-refractivity contribution in [3.63, 3.8) is 0 Å². The molecule has 53 heavy (non-hydrogen) atoms. The van der Waals surface area contributed by atoms with E-state index in [0.29, 0.717) is 16.7 Å². The molecule has 3 aromatic carbocycles. The van der Waals surface area contributed by atoms with Crippen LogP contribution in [0.4, 0.5) is 0 Å². The Morgan fingerprint density at radius 2 is 0.962 bits per heavy atom. The standard InChI is InChI=1S/C37H45N7O9/c1-39-27(20-32(47)48)35(51)43-28(18-24-13-7-3-8-14-24)34(50)40-21-31(46)41-29(19-25-15-9-4-10-16-25)36(52)44-30(22-45)37(53)42-26(33(38)49)17-23-11-5-2-6-12-23/h2-16,26-30,39,45H,17-22H2,1H3,(H2,38,49)(H,40,50)(H,41,46)(H,42,53)(H,43,51)(H,44,52)(H,47,48)/t26-,27-,28?,29-,30-/m0/s1. The Morgan fingerprint density at radius 1 is 0.566 bits per heavy atom. The number of primary amides is 1. The smallest absolute Gasteiger partial charge is 0.305 e. The van der Waals surface area contributed by atoms with Crippen LogP contribution in [-0.4, -0.2) is 102 Å². The highest BCUT2D eigenvalue weighted by atomic mass is 16.4. The van der Waals surface area contributed by atoms with Gasteiger partial charge in [-0.25, -0.2) is 0 Å². The zero-order valence-corrected chi connectivity index (χ0v) is 29.1. The fourth-order valence-corrected chi connectivity index (χ4v) is 5.24. The highest BCUT2D eigenvalue weighted by Crippen LogP contribution is 2.07. The Kier molecular flexibility index (Phi) is 16.6. The SMILES string of the molecule is CN[C@@H](CC(=O)O)C(=O)NC(Cc1ccccc1)C(=O)NCC(=O)N[C@@H](Cc1ccccc1)C(=O)N[C@@H](CO)C(=O)N[C@@H](Cc1ccccc1)C(N)=O. The zero-order valence-electron chi connectivity index (χ0n) is 29.1. The van der Waals surface area contributed by atoms with Crippen LogP contribution in [0.3, 0.4) is 0 Å². The van der Waals surface area contributed by atoms with Crippen LogP contribution in [0.5, 0.6) is 0 Å². The summed E-state index contributed by atoms with van der Waals surface area (Å²) in [6.45, 7) is -1.46. The first-order chi connectivity index (χ1) is 25.4. The van der Waals surface area contributed by atoms with Gasteiger partial charge in [0.1, 0.15) is 24.2 Å². The summed E-state index contributed by atoms with van der Waals surface area (Å²) in [6, 6.07) is 19.9. The van der Waals surface area contributed by atoms with Gasteiger partial charge in [0.25, 0.3) is 0 Å². The second-order valence-electron chi connectivity index (χ2n) is 12.1. The second-order valence-corrected chi connectivity index (χ2v) is 12.1. The van der Waals surface area contributed by atoms with Crippen LogP contribution in [-0.2, 0) is 52.8 Å². The average molecular weight is 732 g/mol. The molecule has 16 nitrogen and oxygen atoms in total. The van der Waals surface area contributed by atoms with E-state index < -0.39 is 91.2 Å². The number of hydrogen-bond acceptors (Lipinski definition) is 9. The molecule has 1 unspecified atom stereocenters.